The van der Waals surface area contributed by atoms with Crippen molar-refractivity contribution in [2.24, 2.45) is 0 Å². The summed E-state index contributed by atoms with van der Waals surface area (Å²) in [5.74, 6) is 0.256. The van der Waals surface area contributed by atoms with Gasteiger partial charge in [-0.05, 0) is 35.4 Å². The quantitative estimate of drug-likeness (QED) is 0.693. The molecule has 6 heteroatoms. The number of methoxy groups -OCH3 is 1. The van der Waals surface area contributed by atoms with Crippen molar-refractivity contribution in [3.8, 4) is 11.4 Å². The second kappa shape index (κ2) is 6.39. The van der Waals surface area contributed by atoms with Gasteiger partial charge in [0.1, 0.15) is 0 Å². The molecule has 0 saturated heterocycles. The molecule has 0 aliphatic carbocycles. The number of aromatic nitrogens is 4. The van der Waals surface area contributed by atoms with E-state index in [-0.39, 0.29) is 5.97 Å². The summed E-state index contributed by atoms with van der Waals surface area (Å²) in [5, 5.41) is 12.6. The van der Waals surface area contributed by atoms with E-state index in [2.05, 4.69) is 20.1 Å². The van der Waals surface area contributed by atoms with Crippen LogP contribution in [0.3, 0.4) is 0 Å². The molecule has 1 heterocycles. The standard InChI is InChI=1S/C17H16N4O2/c1-12-5-3-4-6-15(12)16-18-20-21(19-16)11-13-7-9-14(10-8-13)17(22)23-2/h3-10H,11H2,1-2H3. The first-order valence-corrected chi connectivity index (χ1v) is 7.18. The number of hydrogen-bond donors (Lipinski definition) is 0. The van der Waals surface area contributed by atoms with Gasteiger partial charge in [-0.25, -0.2) is 4.79 Å². The maximum absolute atomic E-state index is 11.4. The van der Waals surface area contributed by atoms with Crippen molar-refractivity contribution in [2.75, 3.05) is 7.11 Å². The third kappa shape index (κ3) is 3.26. The fourth-order valence-electron chi connectivity index (χ4n) is 2.27. The zero-order valence-corrected chi connectivity index (χ0v) is 12.9. The molecule has 3 rings (SSSR count). The minimum Gasteiger partial charge on any atom is -0.465 e. The van der Waals surface area contributed by atoms with Crippen LogP contribution in [0.2, 0.25) is 0 Å². The smallest absolute Gasteiger partial charge is 0.337 e. The highest BCUT2D eigenvalue weighted by Crippen LogP contribution is 2.18. The summed E-state index contributed by atoms with van der Waals surface area (Å²) in [6.07, 6.45) is 0. The molecule has 6 nitrogen and oxygen atoms in total. The maximum Gasteiger partial charge on any atom is 0.337 e. The van der Waals surface area contributed by atoms with Gasteiger partial charge in [0.15, 0.2) is 0 Å². The molecule has 0 radical (unpaired) electrons. The van der Waals surface area contributed by atoms with Crippen LogP contribution < -0.4 is 0 Å². The maximum atomic E-state index is 11.4. The monoisotopic (exact) mass is 308 g/mol. The van der Waals surface area contributed by atoms with Crippen LogP contribution in [0, 0.1) is 6.92 Å². The Balaban J connectivity index is 1.77. The number of nitrogens with zero attached hydrogens (tertiary/aromatic N) is 4. The van der Waals surface area contributed by atoms with Gasteiger partial charge >= 0.3 is 5.97 Å². The molecular weight excluding hydrogens is 292 g/mol. The molecule has 0 saturated carbocycles. The Hall–Kier alpha value is -3.02. The predicted molar refractivity (Wildman–Crippen MR) is 84.9 cm³/mol. The molecule has 23 heavy (non-hydrogen) atoms. The first-order chi connectivity index (χ1) is 11.2. The lowest BCUT2D eigenvalue weighted by Crippen LogP contribution is -2.05. The molecule has 1 aromatic heterocycles. The highest BCUT2D eigenvalue weighted by atomic mass is 16.5. The summed E-state index contributed by atoms with van der Waals surface area (Å²) >= 11 is 0. The first kappa shape index (κ1) is 14.9. The Morgan fingerprint density at radius 2 is 1.87 bits per heavy atom. The lowest BCUT2D eigenvalue weighted by atomic mass is 10.1. The highest BCUT2D eigenvalue weighted by Gasteiger charge is 2.09. The summed E-state index contributed by atoms with van der Waals surface area (Å²) in [6, 6.07) is 15.1. The fourth-order valence-corrected chi connectivity index (χ4v) is 2.27. The van der Waals surface area contributed by atoms with Gasteiger partial charge in [0.05, 0.1) is 19.2 Å². The Morgan fingerprint density at radius 3 is 2.57 bits per heavy atom. The molecule has 3 aromatic rings. The Bertz CT molecular complexity index is 825. The normalized spacial score (nSPS) is 10.5. The van der Waals surface area contributed by atoms with Crippen LogP contribution in [-0.2, 0) is 11.3 Å². The van der Waals surface area contributed by atoms with E-state index in [9.17, 15) is 4.79 Å². The van der Waals surface area contributed by atoms with E-state index in [1.165, 1.54) is 11.9 Å². The van der Waals surface area contributed by atoms with Gasteiger partial charge < -0.3 is 4.74 Å². The van der Waals surface area contributed by atoms with E-state index in [0.29, 0.717) is 17.9 Å². The summed E-state index contributed by atoms with van der Waals surface area (Å²) < 4.78 is 4.68. The molecular formula is C17H16N4O2. The van der Waals surface area contributed by atoms with Crippen molar-refractivity contribution < 1.29 is 9.53 Å². The van der Waals surface area contributed by atoms with Crippen molar-refractivity contribution in [2.45, 2.75) is 13.5 Å². The average Bonchev–Trinajstić information content (AvgIpc) is 3.03. The zero-order chi connectivity index (χ0) is 16.2. The van der Waals surface area contributed by atoms with E-state index in [4.69, 9.17) is 0 Å². The third-order valence-electron chi connectivity index (χ3n) is 3.54. The second-order valence-corrected chi connectivity index (χ2v) is 5.15. The number of aryl methyl sites for hydroxylation is 1. The Kier molecular flexibility index (Phi) is 4.14. The van der Waals surface area contributed by atoms with Gasteiger partial charge in [-0.3, -0.25) is 0 Å². The van der Waals surface area contributed by atoms with Crippen molar-refractivity contribution in [1.82, 2.24) is 20.2 Å². The second-order valence-electron chi connectivity index (χ2n) is 5.15. The molecule has 0 spiro atoms. The topological polar surface area (TPSA) is 69.9 Å². The molecule has 0 bridgehead atoms. The number of hydrogen-bond acceptors (Lipinski definition) is 5. The van der Waals surface area contributed by atoms with Crippen molar-refractivity contribution in [3.05, 3.63) is 65.2 Å². The molecule has 0 aliphatic heterocycles. The van der Waals surface area contributed by atoms with Crippen LogP contribution in [0.15, 0.2) is 48.5 Å². The summed E-state index contributed by atoms with van der Waals surface area (Å²) in [4.78, 5) is 12.9. The first-order valence-electron chi connectivity index (χ1n) is 7.18. The Morgan fingerprint density at radius 1 is 1.13 bits per heavy atom. The van der Waals surface area contributed by atoms with Crippen molar-refractivity contribution in [1.29, 1.82) is 0 Å². The zero-order valence-electron chi connectivity index (χ0n) is 12.9. The minimum atomic E-state index is -0.350. The van der Waals surface area contributed by atoms with Gasteiger partial charge in [-0.1, -0.05) is 36.4 Å². The third-order valence-corrected chi connectivity index (χ3v) is 3.54. The molecule has 0 N–H and O–H groups in total. The van der Waals surface area contributed by atoms with Crippen molar-refractivity contribution >= 4 is 5.97 Å². The number of carbonyl (C=O) groups is 1. The lowest BCUT2D eigenvalue weighted by Gasteiger charge is -2.02. The highest BCUT2D eigenvalue weighted by molar-refractivity contribution is 5.89. The molecule has 2 aromatic carbocycles. The number of rotatable bonds is 4. The van der Waals surface area contributed by atoms with Crippen LogP contribution in [-0.4, -0.2) is 33.3 Å². The van der Waals surface area contributed by atoms with E-state index in [1.54, 1.807) is 12.1 Å². The van der Waals surface area contributed by atoms with Gasteiger partial charge in [0, 0.05) is 5.56 Å². The van der Waals surface area contributed by atoms with Crippen LogP contribution in [0.25, 0.3) is 11.4 Å². The summed E-state index contributed by atoms with van der Waals surface area (Å²) in [5.41, 5.74) is 3.57. The summed E-state index contributed by atoms with van der Waals surface area (Å²) in [6.45, 7) is 2.50. The predicted octanol–water partition coefficient (Wildman–Crippen LogP) is 2.48. The lowest BCUT2D eigenvalue weighted by molar-refractivity contribution is 0.0600. The number of carbonyl (C=O) groups excluding carboxylic acids is 1. The van der Waals surface area contributed by atoms with Gasteiger partial charge in [0.2, 0.25) is 5.82 Å². The fraction of sp³-hybridized carbons (Fsp3) is 0.176. The van der Waals surface area contributed by atoms with Gasteiger partial charge in [-0.15, -0.1) is 10.2 Å². The molecule has 0 aliphatic rings. The van der Waals surface area contributed by atoms with E-state index in [0.717, 1.165) is 16.7 Å². The number of ether oxygens (including phenoxy) is 1. The number of esters is 1. The van der Waals surface area contributed by atoms with Crippen LogP contribution >= 0.6 is 0 Å². The largest absolute Gasteiger partial charge is 0.465 e. The molecule has 0 unspecified atom stereocenters. The van der Waals surface area contributed by atoms with E-state index >= 15 is 0 Å². The van der Waals surface area contributed by atoms with Crippen molar-refractivity contribution in [3.63, 3.8) is 0 Å². The number of tetrazole rings is 1. The van der Waals surface area contributed by atoms with Gasteiger partial charge in [-0.2, -0.15) is 4.80 Å². The van der Waals surface area contributed by atoms with E-state index < -0.39 is 0 Å². The van der Waals surface area contributed by atoms with Crippen LogP contribution in [0.5, 0.6) is 0 Å². The molecule has 0 atom stereocenters. The Labute approximate surface area is 133 Å². The van der Waals surface area contributed by atoms with Gasteiger partial charge in [0.25, 0.3) is 0 Å². The number of benzene rings is 2. The molecule has 116 valence electrons. The SMILES string of the molecule is COC(=O)c1ccc(Cn2nnc(-c3ccccc3C)n2)cc1. The van der Waals surface area contributed by atoms with Crippen LogP contribution in [0.1, 0.15) is 21.5 Å². The average molecular weight is 308 g/mol. The molecule has 0 amide bonds. The molecule has 0 fully saturated rings. The summed E-state index contributed by atoms with van der Waals surface area (Å²) in [7, 11) is 1.36. The van der Waals surface area contributed by atoms with E-state index in [1.807, 2.05) is 43.3 Å². The van der Waals surface area contributed by atoms with Crippen LogP contribution in [0.4, 0.5) is 0 Å². The minimum absolute atomic E-state index is 0.350.